The Morgan fingerprint density at radius 1 is 0.917 bits per heavy atom. The lowest BCUT2D eigenvalue weighted by Crippen LogP contribution is -2.67. The van der Waals surface area contributed by atoms with E-state index in [-0.39, 0.29) is 6.10 Å². The highest BCUT2D eigenvalue weighted by atomic mass is 16.5. The van der Waals surface area contributed by atoms with Crippen LogP contribution < -0.4 is 0 Å². The van der Waals surface area contributed by atoms with Crippen LogP contribution in [0.5, 0.6) is 0 Å². The number of ether oxygens (including phenoxy) is 1. The van der Waals surface area contributed by atoms with Gasteiger partial charge in [0.25, 0.3) is 0 Å². The van der Waals surface area contributed by atoms with Gasteiger partial charge in [-0.05, 0) is 29.2 Å². The van der Waals surface area contributed by atoms with Gasteiger partial charge in [0.1, 0.15) is 18.7 Å². The van der Waals surface area contributed by atoms with Crippen molar-refractivity contribution in [2.75, 3.05) is 13.1 Å². The molecule has 0 amide bonds. The molecule has 3 heteroatoms. The molecule has 3 aliphatic heterocycles. The predicted molar refractivity (Wildman–Crippen MR) is 146 cm³/mol. The number of benzene rings is 3. The molecule has 4 aromatic rings. The van der Waals surface area contributed by atoms with E-state index in [9.17, 15) is 0 Å². The third kappa shape index (κ3) is 4.38. The van der Waals surface area contributed by atoms with Gasteiger partial charge in [-0.3, -0.25) is 4.98 Å². The van der Waals surface area contributed by atoms with Crippen LogP contribution in [0.3, 0.4) is 0 Å². The second-order valence-corrected chi connectivity index (χ2v) is 10.7. The summed E-state index contributed by atoms with van der Waals surface area (Å²) in [6, 6.07) is 32.7. The van der Waals surface area contributed by atoms with Gasteiger partial charge in [0.15, 0.2) is 0 Å². The fourth-order valence-corrected chi connectivity index (χ4v) is 6.85. The highest BCUT2D eigenvalue weighted by molar-refractivity contribution is 5.82. The second kappa shape index (κ2) is 10.0. The van der Waals surface area contributed by atoms with Gasteiger partial charge in [0.2, 0.25) is 0 Å². The molecule has 36 heavy (non-hydrogen) atoms. The number of nitrogens with zero attached hydrogens (tertiary/aromatic N) is 2. The SMILES string of the molecule is C=CC1C[N@+]2(Cc3ccccc3)CCC1CC2C(OCc1ccccc1)c1ccnc2ccccc12. The number of aromatic nitrogens is 1. The van der Waals surface area contributed by atoms with Gasteiger partial charge in [0, 0.05) is 35.9 Å². The van der Waals surface area contributed by atoms with Crippen molar-refractivity contribution in [1.82, 2.24) is 4.98 Å². The molecule has 3 aromatic carbocycles. The third-order valence-corrected chi connectivity index (χ3v) is 8.63. The molecule has 1 aromatic heterocycles. The van der Waals surface area contributed by atoms with E-state index in [0.717, 1.165) is 23.1 Å². The molecule has 3 fully saturated rings. The van der Waals surface area contributed by atoms with Crippen molar-refractivity contribution < 1.29 is 9.22 Å². The Balaban J connectivity index is 1.44. The zero-order valence-corrected chi connectivity index (χ0v) is 20.9. The van der Waals surface area contributed by atoms with Crippen LogP contribution in [0.2, 0.25) is 0 Å². The van der Waals surface area contributed by atoms with Crippen LogP contribution in [0.25, 0.3) is 10.9 Å². The molecule has 2 bridgehead atoms. The number of fused-ring (bicyclic) bond motifs is 4. The Bertz CT molecular complexity index is 1320. The van der Waals surface area contributed by atoms with Gasteiger partial charge in [-0.15, -0.1) is 6.58 Å². The minimum Gasteiger partial charge on any atom is -0.363 e. The average Bonchev–Trinajstić information content (AvgIpc) is 2.94. The van der Waals surface area contributed by atoms with Crippen molar-refractivity contribution in [1.29, 1.82) is 0 Å². The van der Waals surface area contributed by atoms with Crippen molar-refractivity contribution in [2.24, 2.45) is 11.8 Å². The van der Waals surface area contributed by atoms with Crippen molar-refractivity contribution in [2.45, 2.75) is 38.1 Å². The second-order valence-electron chi connectivity index (χ2n) is 10.7. The van der Waals surface area contributed by atoms with Crippen LogP contribution in [0.1, 0.15) is 35.6 Å². The van der Waals surface area contributed by atoms with E-state index in [1.807, 2.05) is 6.20 Å². The van der Waals surface area contributed by atoms with Crippen LogP contribution in [0.4, 0.5) is 0 Å². The Morgan fingerprint density at radius 2 is 1.64 bits per heavy atom. The molecule has 7 rings (SSSR count). The minimum atomic E-state index is -0.00427. The first-order chi connectivity index (χ1) is 17.8. The van der Waals surface area contributed by atoms with Gasteiger partial charge < -0.3 is 9.22 Å². The predicted octanol–water partition coefficient (Wildman–Crippen LogP) is 7.10. The Morgan fingerprint density at radius 3 is 2.42 bits per heavy atom. The van der Waals surface area contributed by atoms with Crippen LogP contribution in [0, 0.1) is 11.8 Å². The lowest BCUT2D eigenvalue weighted by atomic mass is 9.71. The number of piperidine rings is 3. The van der Waals surface area contributed by atoms with Gasteiger partial charge in [-0.1, -0.05) is 84.9 Å². The van der Waals surface area contributed by atoms with Gasteiger partial charge >= 0.3 is 0 Å². The lowest BCUT2D eigenvalue weighted by Gasteiger charge is -2.58. The largest absolute Gasteiger partial charge is 0.363 e. The molecule has 5 atom stereocenters. The molecule has 3 saturated heterocycles. The Hall–Kier alpha value is -3.27. The van der Waals surface area contributed by atoms with Gasteiger partial charge in [-0.25, -0.2) is 0 Å². The first kappa shape index (κ1) is 23.1. The summed E-state index contributed by atoms with van der Waals surface area (Å²) >= 11 is 0. The fraction of sp³-hybridized carbons (Fsp3) is 0.303. The molecule has 0 radical (unpaired) electrons. The van der Waals surface area contributed by atoms with E-state index >= 15 is 0 Å². The maximum atomic E-state index is 6.98. The first-order valence-corrected chi connectivity index (χ1v) is 13.3. The average molecular weight is 476 g/mol. The zero-order chi connectivity index (χ0) is 24.4. The lowest BCUT2D eigenvalue weighted by molar-refractivity contribution is -0.985. The van der Waals surface area contributed by atoms with Gasteiger partial charge in [-0.2, -0.15) is 0 Å². The summed E-state index contributed by atoms with van der Waals surface area (Å²) in [6.45, 7) is 8.22. The highest BCUT2D eigenvalue weighted by Crippen LogP contribution is 2.49. The van der Waals surface area contributed by atoms with E-state index < -0.39 is 0 Å². The van der Waals surface area contributed by atoms with Crippen LogP contribution in [0.15, 0.2) is 110 Å². The molecule has 0 aliphatic carbocycles. The van der Waals surface area contributed by atoms with Crippen LogP contribution >= 0.6 is 0 Å². The molecular formula is C33H35N2O+. The van der Waals surface area contributed by atoms with Crippen LogP contribution in [-0.4, -0.2) is 28.6 Å². The monoisotopic (exact) mass is 475 g/mol. The van der Waals surface area contributed by atoms with Crippen molar-refractivity contribution in [3.63, 3.8) is 0 Å². The topological polar surface area (TPSA) is 22.1 Å². The maximum absolute atomic E-state index is 6.98. The zero-order valence-electron chi connectivity index (χ0n) is 20.9. The Kier molecular flexibility index (Phi) is 6.43. The summed E-state index contributed by atoms with van der Waals surface area (Å²) in [5.41, 5.74) is 4.94. The van der Waals surface area contributed by atoms with E-state index in [2.05, 4.69) is 109 Å². The van der Waals surface area contributed by atoms with E-state index in [1.54, 1.807) is 0 Å². The summed E-state index contributed by atoms with van der Waals surface area (Å²) in [5.74, 6) is 1.25. The normalized spacial score (nSPS) is 26.1. The Labute approximate surface area is 214 Å². The number of quaternary nitrogens is 1. The smallest absolute Gasteiger partial charge is 0.135 e. The first-order valence-electron chi connectivity index (χ1n) is 13.3. The quantitative estimate of drug-likeness (QED) is 0.200. The van der Waals surface area contributed by atoms with Crippen molar-refractivity contribution >= 4 is 10.9 Å². The third-order valence-electron chi connectivity index (χ3n) is 8.63. The molecule has 182 valence electrons. The minimum absolute atomic E-state index is 0.00427. The van der Waals surface area contributed by atoms with Crippen molar-refractivity contribution in [3.8, 4) is 0 Å². The van der Waals surface area contributed by atoms with E-state index in [4.69, 9.17) is 4.74 Å². The summed E-state index contributed by atoms with van der Waals surface area (Å²) in [5, 5.41) is 1.21. The van der Waals surface area contributed by atoms with Crippen LogP contribution in [-0.2, 0) is 17.9 Å². The molecule has 4 unspecified atom stereocenters. The summed E-state index contributed by atoms with van der Waals surface area (Å²) < 4.78 is 8.04. The molecule has 0 N–H and O–H groups in total. The number of hydrogen-bond donors (Lipinski definition) is 0. The van der Waals surface area contributed by atoms with E-state index in [0.29, 0.717) is 24.5 Å². The molecule has 0 spiro atoms. The number of para-hydroxylation sites is 1. The summed E-state index contributed by atoms with van der Waals surface area (Å²) in [7, 11) is 0. The molecule has 4 heterocycles. The van der Waals surface area contributed by atoms with Gasteiger partial charge in [0.05, 0.1) is 25.2 Å². The summed E-state index contributed by atoms with van der Waals surface area (Å²) in [4.78, 5) is 4.67. The molecule has 3 aliphatic rings. The fourth-order valence-electron chi connectivity index (χ4n) is 6.85. The molecule has 3 nitrogen and oxygen atoms in total. The number of rotatable bonds is 8. The number of pyridine rings is 1. The molecule has 0 saturated carbocycles. The summed E-state index contributed by atoms with van der Waals surface area (Å²) in [6.07, 6.45) is 6.61. The molecular weight excluding hydrogens is 440 g/mol. The van der Waals surface area contributed by atoms with Crippen molar-refractivity contribution in [3.05, 3.63) is 127 Å². The maximum Gasteiger partial charge on any atom is 0.135 e. The number of hydrogen-bond acceptors (Lipinski definition) is 2. The standard InChI is InChI=1S/C33H35N2O/c1-2-27-23-35(22-25-11-5-3-6-12-25)20-18-28(27)21-32(35)33(36-24-26-13-7-4-8-14-26)30-17-19-34-31-16-10-9-15-29(30)31/h2-17,19,27-28,32-33H,1,18,20-24H2/q+1/t27?,28?,32?,33?,35-/m1/s1. The highest BCUT2D eigenvalue weighted by Gasteiger charge is 2.54. The van der Waals surface area contributed by atoms with E-state index in [1.165, 1.54) is 41.5 Å².